The molecule has 3 heterocycles. The molecule has 0 unspecified atom stereocenters. The van der Waals surface area contributed by atoms with E-state index >= 15 is 0 Å². The molecule has 0 aliphatic carbocycles. The fourth-order valence-electron chi connectivity index (χ4n) is 3.91. The summed E-state index contributed by atoms with van der Waals surface area (Å²) in [6, 6.07) is 12.2. The van der Waals surface area contributed by atoms with E-state index in [0.717, 1.165) is 54.9 Å². The van der Waals surface area contributed by atoms with Crippen molar-refractivity contribution in [2.75, 3.05) is 29.4 Å². The smallest absolute Gasteiger partial charge is 0.227 e. The second-order valence-corrected chi connectivity index (χ2v) is 7.72. The van der Waals surface area contributed by atoms with Crippen LogP contribution in [0.4, 0.5) is 11.5 Å². The second kappa shape index (κ2) is 7.16. The lowest BCUT2D eigenvalue weighted by molar-refractivity contribution is -0.119. The number of hydrogen-bond donors (Lipinski definition) is 0. The van der Waals surface area contributed by atoms with Crippen molar-refractivity contribution in [3.05, 3.63) is 52.6 Å². The molecule has 0 N–H and O–H groups in total. The zero-order valence-corrected chi connectivity index (χ0v) is 15.8. The Hall–Kier alpha value is -1.88. The van der Waals surface area contributed by atoms with Crippen LogP contribution in [0.5, 0.6) is 0 Å². The van der Waals surface area contributed by atoms with Crippen molar-refractivity contribution in [3.8, 4) is 0 Å². The lowest BCUT2D eigenvalue weighted by Crippen LogP contribution is -2.37. The Labute approximate surface area is 157 Å². The van der Waals surface area contributed by atoms with Crippen LogP contribution in [0, 0.1) is 5.92 Å². The minimum atomic E-state index is 0.280. The van der Waals surface area contributed by atoms with E-state index in [1.807, 2.05) is 29.3 Å². The van der Waals surface area contributed by atoms with Crippen LogP contribution in [0.3, 0.4) is 0 Å². The summed E-state index contributed by atoms with van der Waals surface area (Å²) in [4.78, 5) is 21.6. The number of carbonyl (C=O) groups is 1. The zero-order chi connectivity index (χ0) is 17.2. The van der Waals surface area contributed by atoms with Gasteiger partial charge in [0.2, 0.25) is 5.91 Å². The van der Waals surface area contributed by atoms with Crippen molar-refractivity contribution in [1.82, 2.24) is 4.98 Å². The van der Waals surface area contributed by atoms with Crippen molar-refractivity contribution >= 4 is 33.3 Å². The van der Waals surface area contributed by atoms with E-state index in [2.05, 4.69) is 44.0 Å². The molecule has 4 rings (SSSR count). The summed E-state index contributed by atoms with van der Waals surface area (Å²) < 4.78 is 1.04. The highest BCUT2D eigenvalue weighted by Crippen LogP contribution is 2.32. The predicted octanol–water partition coefficient (Wildman–Crippen LogP) is 4.04. The number of para-hydroxylation sites is 1. The van der Waals surface area contributed by atoms with E-state index in [1.165, 1.54) is 5.56 Å². The number of hydrogen-bond acceptors (Lipinski definition) is 3. The highest BCUT2D eigenvalue weighted by Gasteiger charge is 2.28. The number of amides is 1. The Kier molecular flexibility index (Phi) is 4.75. The number of fused-ring (bicyclic) bond motifs is 1. The topological polar surface area (TPSA) is 36.4 Å². The molecule has 2 aromatic rings. The number of carbonyl (C=O) groups excluding carboxylic acids is 1. The van der Waals surface area contributed by atoms with Gasteiger partial charge in [-0.3, -0.25) is 4.79 Å². The van der Waals surface area contributed by atoms with E-state index in [-0.39, 0.29) is 5.91 Å². The van der Waals surface area contributed by atoms with Crippen molar-refractivity contribution in [2.24, 2.45) is 5.92 Å². The first-order valence-corrected chi connectivity index (χ1v) is 9.75. The van der Waals surface area contributed by atoms with Crippen LogP contribution >= 0.6 is 15.9 Å². The van der Waals surface area contributed by atoms with Crippen LogP contribution in [0.1, 0.15) is 24.8 Å². The molecule has 0 bridgehead atoms. The maximum Gasteiger partial charge on any atom is 0.227 e. The van der Waals surface area contributed by atoms with Crippen molar-refractivity contribution in [1.29, 1.82) is 0 Å². The van der Waals surface area contributed by atoms with Gasteiger partial charge in [-0.1, -0.05) is 18.2 Å². The Morgan fingerprint density at radius 3 is 2.72 bits per heavy atom. The van der Waals surface area contributed by atoms with Crippen LogP contribution < -0.4 is 9.80 Å². The third kappa shape index (κ3) is 3.43. The van der Waals surface area contributed by atoms with Gasteiger partial charge in [0, 0.05) is 37.9 Å². The molecular weight excluding hydrogens is 378 g/mol. The highest BCUT2D eigenvalue weighted by atomic mass is 79.9. The highest BCUT2D eigenvalue weighted by molar-refractivity contribution is 9.10. The third-order valence-corrected chi connectivity index (χ3v) is 5.92. The average Bonchev–Trinajstić information content (AvgIpc) is 3.07. The molecule has 0 saturated carbocycles. The van der Waals surface area contributed by atoms with Crippen LogP contribution in [0.25, 0.3) is 0 Å². The molecule has 1 aromatic heterocycles. The van der Waals surface area contributed by atoms with E-state index in [9.17, 15) is 4.79 Å². The molecule has 1 aromatic carbocycles. The average molecular weight is 400 g/mol. The standard InChI is InChI=1S/C20H22BrN3O/c21-17-5-3-10-22-20(17)23-11-7-15(8-12-23)14-19(25)24-13-9-16-4-1-2-6-18(16)24/h1-6,10,15H,7-9,11-14H2. The Balaban J connectivity index is 1.35. The van der Waals surface area contributed by atoms with Gasteiger partial charge in [0.25, 0.3) is 0 Å². The number of halogens is 1. The molecule has 2 aliphatic rings. The number of nitrogens with zero attached hydrogens (tertiary/aromatic N) is 3. The summed E-state index contributed by atoms with van der Waals surface area (Å²) in [7, 11) is 0. The predicted molar refractivity (Wildman–Crippen MR) is 104 cm³/mol. The maximum atomic E-state index is 12.8. The van der Waals surface area contributed by atoms with E-state index in [0.29, 0.717) is 12.3 Å². The largest absolute Gasteiger partial charge is 0.356 e. The van der Waals surface area contributed by atoms with Gasteiger partial charge in [-0.05, 0) is 64.9 Å². The monoisotopic (exact) mass is 399 g/mol. The molecule has 0 spiro atoms. The lowest BCUT2D eigenvalue weighted by Gasteiger charge is -2.33. The third-order valence-electron chi connectivity index (χ3n) is 5.30. The molecule has 1 fully saturated rings. The molecule has 4 nitrogen and oxygen atoms in total. The van der Waals surface area contributed by atoms with Crippen molar-refractivity contribution in [2.45, 2.75) is 25.7 Å². The van der Waals surface area contributed by atoms with Gasteiger partial charge in [-0.25, -0.2) is 4.98 Å². The first kappa shape index (κ1) is 16.6. The number of aromatic nitrogens is 1. The summed E-state index contributed by atoms with van der Waals surface area (Å²) in [5.41, 5.74) is 2.41. The second-order valence-electron chi connectivity index (χ2n) is 6.87. The minimum absolute atomic E-state index is 0.280. The molecule has 0 atom stereocenters. The minimum Gasteiger partial charge on any atom is -0.356 e. The first-order valence-electron chi connectivity index (χ1n) is 8.96. The Bertz CT molecular complexity index is 771. The summed E-state index contributed by atoms with van der Waals surface area (Å²) in [6.45, 7) is 2.76. The molecule has 5 heteroatoms. The number of benzene rings is 1. The molecule has 1 amide bonds. The Morgan fingerprint density at radius 1 is 1.12 bits per heavy atom. The summed E-state index contributed by atoms with van der Waals surface area (Å²) in [5.74, 6) is 1.77. The van der Waals surface area contributed by atoms with Gasteiger partial charge in [0.15, 0.2) is 0 Å². The molecule has 0 radical (unpaired) electrons. The Morgan fingerprint density at radius 2 is 1.92 bits per heavy atom. The van der Waals surface area contributed by atoms with Crippen molar-refractivity contribution < 1.29 is 4.79 Å². The maximum absolute atomic E-state index is 12.8. The normalized spacial score (nSPS) is 17.6. The molecule has 1 saturated heterocycles. The van der Waals surface area contributed by atoms with Crippen molar-refractivity contribution in [3.63, 3.8) is 0 Å². The summed E-state index contributed by atoms with van der Waals surface area (Å²) in [5, 5.41) is 0. The van der Waals surface area contributed by atoms with Crippen LogP contribution in [0.15, 0.2) is 47.1 Å². The number of piperidine rings is 1. The number of rotatable bonds is 3. The molecular formula is C20H22BrN3O. The molecule has 25 heavy (non-hydrogen) atoms. The fourth-order valence-corrected chi connectivity index (χ4v) is 4.42. The first-order chi connectivity index (χ1) is 12.2. The van der Waals surface area contributed by atoms with E-state index in [4.69, 9.17) is 0 Å². The van der Waals surface area contributed by atoms with Crippen LogP contribution in [-0.2, 0) is 11.2 Å². The lowest BCUT2D eigenvalue weighted by atomic mass is 9.93. The SMILES string of the molecule is O=C(CC1CCN(c2ncccc2Br)CC1)N1CCc2ccccc21. The number of anilines is 2. The van der Waals surface area contributed by atoms with Crippen LogP contribution in [0.2, 0.25) is 0 Å². The van der Waals surface area contributed by atoms with Gasteiger partial charge in [0.05, 0.1) is 4.47 Å². The van der Waals surface area contributed by atoms with E-state index < -0.39 is 0 Å². The van der Waals surface area contributed by atoms with Gasteiger partial charge < -0.3 is 9.80 Å². The summed E-state index contributed by atoms with van der Waals surface area (Å²) in [6.07, 6.45) is 5.56. The summed E-state index contributed by atoms with van der Waals surface area (Å²) >= 11 is 3.58. The van der Waals surface area contributed by atoms with Gasteiger partial charge >= 0.3 is 0 Å². The number of pyridine rings is 1. The van der Waals surface area contributed by atoms with Gasteiger partial charge in [0.1, 0.15) is 5.82 Å². The fraction of sp³-hybridized carbons (Fsp3) is 0.400. The molecule has 2 aliphatic heterocycles. The quantitative estimate of drug-likeness (QED) is 0.781. The molecule has 130 valence electrons. The van der Waals surface area contributed by atoms with Gasteiger partial charge in [-0.15, -0.1) is 0 Å². The van der Waals surface area contributed by atoms with Gasteiger partial charge in [-0.2, -0.15) is 0 Å². The van der Waals surface area contributed by atoms with E-state index in [1.54, 1.807) is 0 Å². The zero-order valence-electron chi connectivity index (χ0n) is 14.2. The van der Waals surface area contributed by atoms with Crippen LogP contribution in [-0.4, -0.2) is 30.5 Å².